The van der Waals surface area contributed by atoms with Gasteiger partial charge in [0, 0.05) is 28.6 Å². The number of nitrogens with two attached hydrogens (primary N) is 1. The predicted octanol–water partition coefficient (Wildman–Crippen LogP) is 1.48. The van der Waals surface area contributed by atoms with Gasteiger partial charge in [0.25, 0.3) is 5.91 Å². The van der Waals surface area contributed by atoms with Gasteiger partial charge < -0.3 is 21.1 Å². The van der Waals surface area contributed by atoms with Crippen molar-refractivity contribution in [3.8, 4) is 0 Å². The molecule has 3 aliphatic heterocycles. The van der Waals surface area contributed by atoms with E-state index in [9.17, 15) is 24.3 Å². The Morgan fingerprint density at radius 1 is 1.24 bits per heavy atom. The first kappa shape index (κ1) is 21.4. The number of β-lactam (4-membered cyclic amide) rings is 1. The maximum atomic E-state index is 13.0. The van der Waals surface area contributed by atoms with Gasteiger partial charge in [-0.05, 0) is 37.6 Å². The van der Waals surface area contributed by atoms with Gasteiger partial charge in [-0.15, -0.1) is 10.2 Å². The highest BCUT2D eigenvalue weighted by Crippen LogP contribution is 2.53. The number of carbonyl (C=O) groups excluding carboxylic acids is 3. The Labute approximate surface area is 195 Å². The Bertz CT molecular complexity index is 1230. The quantitative estimate of drug-likeness (QED) is 0.536. The zero-order valence-electron chi connectivity index (χ0n) is 17.2. The summed E-state index contributed by atoms with van der Waals surface area (Å²) in [6.45, 7) is 2.11. The fourth-order valence-electron chi connectivity index (χ4n) is 4.53. The molecule has 2 fully saturated rings. The molecule has 0 radical (unpaired) electrons. The third-order valence-corrected chi connectivity index (χ3v) is 8.05. The van der Waals surface area contributed by atoms with Crippen molar-refractivity contribution in [2.45, 2.75) is 29.8 Å². The summed E-state index contributed by atoms with van der Waals surface area (Å²) in [6.07, 6.45) is 0.510. The normalized spacial score (nSPS) is 23.3. The Kier molecular flexibility index (Phi) is 5.09. The summed E-state index contributed by atoms with van der Waals surface area (Å²) in [6, 6.07) is 4.49. The van der Waals surface area contributed by atoms with E-state index < -0.39 is 35.9 Å². The van der Waals surface area contributed by atoms with E-state index in [1.54, 1.807) is 12.1 Å². The number of aryl methyl sites for hydroxylation is 1. The molecule has 33 heavy (non-hydrogen) atoms. The first-order chi connectivity index (χ1) is 15.8. The summed E-state index contributed by atoms with van der Waals surface area (Å²) in [5, 5.41) is 21.4. The molecule has 0 bridgehead atoms. The van der Waals surface area contributed by atoms with Crippen molar-refractivity contribution < 1.29 is 24.3 Å². The number of hydrogen-bond donors (Lipinski definition) is 3. The first-order valence-corrected chi connectivity index (χ1v) is 11.7. The van der Waals surface area contributed by atoms with Crippen LogP contribution in [0.2, 0.25) is 0 Å². The molecular weight excluding hydrogens is 468 g/mol. The van der Waals surface area contributed by atoms with Crippen molar-refractivity contribution in [1.82, 2.24) is 20.0 Å². The van der Waals surface area contributed by atoms with Crippen molar-refractivity contribution in [3.05, 3.63) is 45.4 Å². The van der Waals surface area contributed by atoms with Gasteiger partial charge in [0.05, 0.1) is 6.04 Å². The van der Waals surface area contributed by atoms with Crippen molar-refractivity contribution in [1.29, 1.82) is 0 Å². The van der Waals surface area contributed by atoms with Crippen LogP contribution in [-0.2, 0) is 9.59 Å². The maximum Gasteiger partial charge on any atom is 0.353 e. The van der Waals surface area contributed by atoms with Crippen LogP contribution in [0.5, 0.6) is 0 Å². The summed E-state index contributed by atoms with van der Waals surface area (Å²) in [4.78, 5) is 52.5. The molecule has 4 amide bonds. The Morgan fingerprint density at radius 2 is 1.97 bits per heavy atom. The number of carboxylic acid groups (broad SMARTS) is 1. The lowest BCUT2D eigenvalue weighted by molar-refractivity contribution is -0.160. The number of likely N-dealkylation sites (tertiary alicyclic amines) is 1. The fraction of sp³-hybridized carbons (Fsp3) is 0.300. The molecular formula is C20H18N6O5S2. The maximum absolute atomic E-state index is 13.0. The van der Waals surface area contributed by atoms with Crippen LogP contribution in [0, 0.1) is 12.8 Å². The van der Waals surface area contributed by atoms with Gasteiger partial charge in [0.1, 0.15) is 16.7 Å². The number of nitrogens with one attached hydrogen (secondary N) is 1. The van der Waals surface area contributed by atoms with Gasteiger partial charge in [0.2, 0.25) is 5.91 Å². The van der Waals surface area contributed by atoms with E-state index in [2.05, 4.69) is 15.5 Å². The number of nitrogens with zero attached hydrogens (tertiary/aromatic N) is 4. The number of aromatic nitrogens is 2. The molecule has 2 aromatic rings. The number of urea groups is 1. The van der Waals surface area contributed by atoms with E-state index in [1.807, 2.05) is 6.92 Å². The summed E-state index contributed by atoms with van der Waals surface area (Å²) in [7, 11) is 0. The molecule has 11 nitrogen and oxygen atoms in total. The van der Waals surface area contributed by atoms with E-state index in [1.165, 1.54) is 45.0 Å². The molecule has 4 N–H and O–H groups in total. The highest BCUT2D eigenvalue weighted by molar-refractivity contribution is 8.04. The molecule has 0 aliphatic carbocycles. The van der Waals surface area contributed by atoms with Gasteiger partial charge in [-0.1, -0.05) is 23.1 Å². The zero-order valence-corrected chi connectivity index (χ0v) is 18.9. The van der Waals surface area contributed by atoms with Gasteiger partial charge in [-0.3, -0.25) is 14.5 Å². The van der Waals surface area contributed by atoms with Crippen LogP contribution in [0.3, 0.4) is 0 Å². The number of hydrogen-bond acceptors (Lipinski definition) is 8. The molecule has 0 saturated carbocycles. The molecule has 5 rings (SSSR count). The minimum absolute atomic E-state index is 0.0339. The molecule has 4 heterocycles. The summed E-state index contributed by atoms with van der Waals surface area (Å²) in [5.74, 6) is -2.35. The van der Waals surface area contributed by atoms with Crippen LogP contribution >= 0.6 is 23.1 Å². The number of primary amides is 1. The largest absolute Gasteiger partial charge is 0.477 e. The molecule has 1 aromatic heterocycles. The second-order valence-corrected chi connectivity index (χ2v) is 10.3. The minimum Gasteiger partial charge on any atom is -0.477 e. The molecule has 1 aromatic carbocycles. The lowest BCUT2D eigenvalue weighted by Crippen LogP contribution is -2.74. The summed E-state index contributed by atoms with van der Waals surface area (Å²) < 4.78 is 0.618. The highest BCUT2D eigenvalue weighted by Gasteiger charge is 2.64. The lowest BCUT2D eigenvalue weighted by Gasteiger charge is -2.53. The highest BCUT2D eigenvalue weighted by atomic mass is 32.2. The minimum atomic E-state index is -1.18. The number of rotatable bonds is 5. The fourth-order valence-corrected chi connectivity index (χ4v) is 6.70. The van der Waals surface area contributed by atoms with Gasteiger partial charge in [0.15, 0.2) is 4.34 Å². The number of thioether (sulfide) groups is 1. The molecule has 13 heteroatoms. The van der Waals surface area contributed by atoms with Crippen molar-refractivity contribution in [2.24, 2.45) is 11.7 Å². The van der Waals surface area contributed by atoms with Crippen LogP contribution in [0.15, 0.2) is 39.2 Å². The molecule has 3 aliphatic rings. The standard InChI is InChI=1S/C20H18N6O5S2/c1-8-23-24-20(32-8)33-15-11-6-7-25(13-12(11)26(17(13)28)14(15)18(29)30)19(31)22-10-4-2-9(3-5-10)16(21)27/h2-5,11-13H,6-7H2,1H3,(H2,21,27)(H,22,31)(H,29,30)/t11?,12-,13+/m1/s1. The van der Waals surface area contributed by atoms with Gasteiger partial charge in [-0.2, -0.15) is 0 Å². The van der Waals surface area contributed by atoms with E-state index in [0.29, 0.717) is 33.5 Å². The number of benzene rings is 1. The molecule has 1 unspecified atom stereocenters. The van der Waals surface area contributed by atoms with Crippen molar-refractivity contribution in [3.63, 3.8) is 0 Å². The van der Waals surface area contributed by atoms with Crippen LogP contribution < -0.4 is 11.1 Å². The smallest absolute Gasteiger partial charge is 0.353 e. The molecule has 0 spiro atoms. The third kappa shape index (κ3) is 3.43. The topological polar surface area (TPSA) is 159 Å². The average molecular weight is 487 g/mol. The molecule has 2 saturated heterocycles. The van der Waals surface area contributed by atoms with Crippen LogP contribution in [-0.4, -0.2) is 67.5 Å². The second-order valence-electron chi connectivity index (χ2n) is 7.81. The van der Waals surface area contributed by atoms with Crippen LogP contribution in [0.4, 0.5) is 10.5 Å². The predicted molar refractivity (Wildman–Crippen MR) is 118 cm³/mol. The van der Waals surface area contributed by atoms with Crippen molar-refractivity contribution >= 4 is 52.6 Å². The Hall–Kier alpha value is -3.45. The van der Waals surface area contributed by atoms with Gasteiger partial charge in [-0.25, -0.2) is 9.59 Å². The monoisotopic (exact) mass is 486 g/mol. The number of aliphatic carboxylic acids is 1. The average Bonchev–Trinajstić information content (AvgIpc) is 3.33. The number of amides is 4. The van der Waals surface area contributed by atoms with Crippen LogP contribution in [0.1, 0.15) is 21.8 Å². The number of anilines is 1. The van der Waals surface area contributed by atoms with E-state index >= 15 is 0 Å². The van der Waals surface area contributed by atoms with E-state index in [0.717, 1.165) is 5.01 Å². The van der Waals surface area contributed by atoms with Gasteiger partial charge >= 0.3 is 12.0 Å². The first-order valence-electron chi connectivity index (χ1n) is 10.0. The van der Waals surface area contributed by atoms with Crippen molar-refractivity contribution in [2.75, 3.05) is 11.9 Å². The number of carboxylic acids is 1. The molecule has 3 atom stereocenters. The van der Waals surface area contributed by atoms with E-state index in [4.69, 9.17) is 5.73 Å². The molecule has 170 valence electrons. The number of piperidine rings is 1. The third-order valence-electron chi connectivity index (χ3n) is 5.94. The number of carbonyl (C=O) groups is 4. The SMILES string of the molecule is Cc1nnc(SC2=C(C(=O)O)N3C(=O)[C@@H]4[C@H]3C2CCN4C(=O)Nc2ccc(C(N)=O)cc2)s1. The lowest BCUT2D eigenvalue weighted by atomic mass is 9.81. The summed E-state index contributed by atoms with van der Waals surface area (Å²) >= 11 is 2.59. The Morgan fingerprint density at radius 3 is 2.58 bits per heavy atom. The van der Waals surface area contributed by atoms with Crippen LogP contribution in [0.25, 0.3) is 0 Å². The Balaban J connectivity index is 1.36. The zero-order chi connectivity index (χ0) is 23.4. The second kappa shape index (κ2) is 7.85. The summed E-state index contributed by atoms with van der Waals surface area (Å²) in [5.41, 5.74) is 5.96. The van der Waals surface area contributed by atoms with E-state index in [-0.39, 0.29) is 11.6 Å².